The van der Waals surface area contributed by atoms with E-state index in [0.717, 1.165) is 23.6 Å². The predicted octanol–water partition coefficient (Wildman–Crippen LogP) is 5.18. The zero-order valence-electron chi connectivity index (χ0n) is 15.8. The third-order valence-corrected chi connectivity index (χ3v) is 4.75. The third-order valence-electron chi connectivity index (χ3n) is 4.08. The summed E-state index contributed by atoms with van der Waals surface area (Å²) in [7, 11) is 1.60. The third kappa shape index (κ3) is 4.61. The molecule has 1 heterocycles. The molecule has 0 radical (unpaired) electrons. The van der Waals surface area contributed by atoms with Gasteiger partial charge in [0.15, 0.2) is 11.6 Å². The van der Waals surface area contributed by atoms with Crippen molar-refractivity contribution in [3.05, 3.63) is 76.2 Å². The molecule has 0 atom stereocenters. The van der Waals surface area contributed by atoms with Crippen LogP contribution in [0.15, 0.2) is 53.5 Å². The van der Waals surface area contributed by atoms with Crippen molar-refractivity contribution in [2.75, 3.05) is 10.5 Å². The molecule has 148 valence electrons. The molecule has 0 fully saturated rings. The van der Waals surface area contributed by atoms with Crippen LogP contribution in [0.5, 0.6) is 11.5 Å². The molecule has 0 aliphatic rings. The van der Waals surface area contributed by atoms with Gasteiger partial charge in [-0.2, -0.15) is 0 Å². The number of halogens is 2. The van der Waals surface area contributed by atoms with Gasteiger partial charge >= 0.3 is 0 Å². The van der Waals surface area contributed by atoms with Crippen molar-refractivity contribution in [1.82, 2.24) is 4.57 Å². The molecule has 0 saturated carbocycles. The highest BCUT2D eigenvalue weighted by Crippen LogP contribution is 2.37. The molecule has 7 heteroatoms. The van der Waals surface area contributed by atoms with E-state index in [1.807, 2.05) is 13.0 Å². The lowest BCUT2D eigenvalue weighted by Gasteiger charge is -2.15. The molecule has 0 aliphatic carbocycles. The van der Waals surface area contributed by atoms with E-state index >= 15 is 0 Å². The molecule has 4 nitrogen and oxygen atoms in total. The van der Waals surface area contributed by atoms with Crippen LogP contribution in [0.1, 0.15) is 12.5 Å². The maximum Gasteiger partial charge on any atom is 0.266 e. The molecule has 1 N–H and O–H groups in total. The van der Waals surface area contributed by atoms with Gasteiger partial charge in [0.2, 0.25) is 0 Å². The maximum atomic E-state index is 14.1. The number of rotatable bonds is 6. The van der Waals surface area contributed by atoms with Gasteiger partial charge < -0.3 is 14.0 Å². The van der Waals surface area contributed by atoms with Crippen molar-refractivity contribution in [3.63, 3.8) is 0 Å². The fourth-order valence-corrected chi connectivity index (χ4v) is 3.14. The minimum Gasteiger partial charge on any atom is -0.454 e. The van der Waals surface area contributed by atoms with Crippen LogP contribution in [-0.2, 0) is 7.05 Å². The number of benzene rings is 2. The second-order valence-corrected chi connectivity index (χ2v) is 7.20. The predicted molar refractivity (Wildman–Crippen MR) is 113 cm³/mol. The molecule has 0 amide bonds. The topological polar surface area (TPSA) is 43.3 Å². The van der Waals surface area contributed by atoms with Crippen LogP contribution in [0.4, 0.5) is 14.5 Å². The summed E-state index contributed by atoms with van der Waals surface area (Å²) in [5.74, 6) is 1.96. The molecule has 0 saturated heterocycles. The first-order valence-electron chi connectivity index (χ1n) is 8.75. The number of anilines is 1. The van der Waals surface area contributed by atoms with Crippen molar-refractivity contribution >= 4 is 17.6 Å². The molecule has 0 bridgehead atoms. The number of hydrogen-bond donors (Lipinski definition) is 1. The molecular weight excluding hydrogens is 394 g/mol. The summed E-state index contributed by atoms with van der Waals surface area (Å²) in [6.45, 7) is 2.01. The van der Waals surface area contributed by atoms with Crippen molar-refractivity contribution in [2.24, 2.45) is 7.05 Å². The molecule has 29 heavy (non-hydrogen) atoms. The van der Waals surface area contributed by atoms with Crippen molar-refractivity contribution in [2.45, 2.75) is 6.92 Å². The SMILES string of the molecule is C#Cc1cc(-c2cc(NSCC)ccc2Oc2ccc(F)cc2F)cn(C)c1=O. The summed E-state index contributed by atoms with van der Waals surface area (Å²) in [5.41, 5.74) is 1.93. The quantitative estimate of drug-likeness (QED) is 0.447. The highest BCUT2D eigenvalue weighted by molar-refractivity contribution is 8.00. The first kappa shape index (κ1) is 20.5. The number of aromatic nitrogens is 1. The molecular formula is C22H18F2N2O2S. The van der Waals surface area contributed by atoms with Crippen molar-refractivity contribution in [3.8, 4) is 35.0 Å². The van der Waals surface area contributed by atoms with Gasteiger partial charge in [-0.3, -0.25) is 4.79 Å². The van der Waals surface area contributed by atoms with Crippen LogP contribution in [0.25, 0.3) is 11.1 Å². The van der Waals surface area contributed by atoms with Gasteiger partial charge in [0, 0.05) is 41.9 Å². The van der Waals surface area contributed by atoms with E-state index in [4.69, 9.17) is 11.2 Å². The maximum absolute atomic E-state index is 14.1. The molecule has 0 unspecified atom stereocenters. The van der Waals surface area contributed by atoms with Crippen LogP contribution in [-0.4, -0.2) is 10.3 Å². The normalized spacial score (nSPS) is 10.4. The Hall–Kier alpha value is -3.24. The molecule has 0 spiro atoms. The first-order valence-corrected chi connectivity index (χ1v) is 9.74. The van der Waals surface area contributed by atoms with Crippen LogP contribution in [0.3, 0.4) is 0 Å². The van der Waals surface area contributed by atoms with E-state index in [2.05, 4.69) is 10.6 Å². The van der Waals surface area contributed by atoms with Crippen molar-refractivity contribution < 1.29 is 13.5 Å². The Morgan fingerprint density at radius 3 is 2.62 bits per heavy atom. The molecule has 3 aromatic rings. The Balaban J connectivity index is 2.13. The van der Waals surface area contributed by atoms with Gasteiger partial charge in [-0.25, -0.2) is 8.78 Å². The number of nitrogens with one attached hydrogen (secondary N) is 1. The van der Waals surface area contributed by atoms with Gasteiger partial charge in [-0.1, -0.05) is 24.8 Å². The van der Waals surface area contributed by atoms with Crippen LogP contribution in [0.2, 0.25) is 0 Å². The second kappa shape index (κ2) is 8.84. The van der Waals surface area contributed by atoms with E-state index in [1.165, 1.54) is 22.6 Å². The fraction of sp³-hybridized carbons (Fsp3) is 0.136. The average Bonchev–Trinajstić information content (AvgIpc) is 2.71. The summed E-state index contributed by atoms with van der Waals surface area (Å²) in [6.07, 6.45) is 7.09. The Kier molecular flexibility index (Phi) is 6.25. The Labute approximate surface area is 171 Å². The van der Waals surface area contributed by atoms with E-state index in [0.29, 0.717) is 16.9 Å². The second-order valence-electron chi connectivity index (χ2n) is 6.13. The minimum absolute atomic E-state index is 0.113. The lowest BCUT2D eigenvalue weighted by atomic mass is 10.0. The smallest absolute Gasteiger partial charge is 0.266 e. The average molecular weight is 412 g/mol. The zero-order valence-corrected chi connectivity index (χ0v) is 16.6. The van der Waals surface area contributed by atoms with Gasteiger partial charge in [-0.05, 0) is 36.4 Å². The lowest BCUT2D eigenvalue weighted by molar-refractivity contribution is 0.439. The number of aryl methyl sites for hydroxylation is 1. The summed E-state index contributed by atoms with van der Waals surface area (Å²) < 4.78 is 37.6. The van der Waals surface area contributed by atoms with Crippen LogP contribution < -0.4 is 15.0 Å². The monoisotopic (exact) mass is 412 g/mol. The fourth-order valence-electron chi connectivity index (χ4n) is 2.70. The van der Waals surface area contributed by atoms with E-state index < -0.39 is 11.6 Å². The van der Waals surface area contributed by atoms with Gasteiger partial charge in [0.05, 0.1) is 5.56 Å². The number of terminal acetylenes is 1. The summed E-state index contributed by atoms with van der Waals surface area (Å²) in [6, 6.07) is 9.97. The molecule has 0 aliphatic heterocycles. The highest BCUT2D eigenvalue weighted by Gasteiger charge is 2.14. The molecule has 1 aromatic heterocycles. The van der Waals surface area contributed by atoms with Gasteiger partial charge in [-0.15, -0.1) is 6.42 Å². The largest absolute Gasteiger partial charge is 0.454 e. The zero-order chi connectivity index (χ0) is 21.0. The van der Waals surface area contributed by atoms with Gasteiger partial charge in [0.1, 0.15) is 11.6 Å². The van der Waals surface area contributed by atoms with Crippen molar-refractivity contribution in [1.29, 1.82) is 0 Å². The van der Waals surface area contributed by atoms with Crippen LogP contribution in [0, 0.1) is 24.0 Å². The Morgan fingerprint density at radius 2 is 1.93 bits per heavy atom. The summed E-state index contributed by atoms with van der Waals surface area (Å²) >= 11 is 1.51. The Bertz CT molecular complexity index is 1150. The minimum atomic E-state index is -0.815. The van der Waals surface area contributed by atoms with E-state index in [1.54, 1.807) is 31.4 Å². The number of nitrogens with zero attached hydrogens (tertiary/aromatic N) is 1. The van der Waals surface area contributed by atoms with Gasteiger partial charge in [0.25, 0.3) is 5.56 Å². The standard InChI is InChI=1S/C22H18F2N2O2S/c1-4-14-10-15(13-26(3)22(14)27)18-12-17(25-29-5-2)7-9-20(18)28-21-8-6-16(23)11-19(21)24/h1,6-13,25H,5H2,2-3H3. The number of pyridine rings is 1. The summed E-state index contributed by atoms with van der Waals surface area (Å²) in [5, 5.41) is 0. The first-order chi connectivity index (χ1) is 13.9. The summed E-state index contributed by atoms with van der Waals surface area (Å²) in [4.78, 5) is 12.1. The number of hydrogen-bond acceptors (Lipinski definition) is 4. The van der Waals surface area contributed by atoms with E-state index in [9.17, 15) is 13.6 Å². The van der Waals surface area contributed by atoms with E-state index in [-0.39, 0.29) is 16.9 Å². The van der Waals surface area contributed by atoms with Crippen LogP contribution >= 0.6 is 11.9 Å². The number of ether oxygens (including phenoxy) is 1. The lowest BCUT2D eigenvalue weighted by Crippen LogP contribution is -2.19. The highest BCUT2D eigenvalue weighted by atomic mass is 32.2. The molecule has 2 aromatic carbocycles. The molecule has 3 rings (SSSR count). The Morgan fingerprint density at radius 1 is 1.17 bits per heavy atom.